The van der Waals surface area contributed by atoms with Crippen molar-refractivity contribution >= 4 is 5.91 Å². The molecule has 62 valence electrons. The van der Waals surface area contributed by atoms with Crippen LogP contribution in [-0.2, 0) is 4.79 Å². The van der Waals surface area contributed by atoms with Gasteiger partial charge in [-0.05, 0) is 18.8 Å². The van der Waals surface area contributed by atoms with Gasteiger partial charge in [0.25, 0.3) is 0 Å². The summed E-state index contributed by atoms with van der Waals surface area (Å²) in [6.07, 6.45) is 6.06. The molecule has 0 fully saturated rings. The van der Waals surface area contributed by atoms with E-state index in [0.717, 1.165) is 12.8 Å². The maximum Gasteiger partial charge on any atom is 0.222 e. The molecule has 0 spiro atoms. The minimum atomic E-state index is -0.263. The van der Waals surface area contributed by atoms with Crippen LogP contribution >= 0.6 is 0 Å². The lowest BCUT2D eigenvalue weighted by atomic mass is 9.90. The molecule has 0 bridgehead atoms. The highest BCUT2D eigenvalue weighted by molar-refractivity contribution is 5.77. The number of nitrogens with two attached hydrogens (primary N) is 2. The van der Waals surface area contributed by atoms with Crippen molar-refractivity contribution in [2.75, 3.05) is 6.54 Å². The average molecular weight is 154 g/mol. The Balaban J connectivity index is 2.48. The zero-order valence-electron chi connectivity index (χ0n) is 6.49. The minimum absolute atomic E-state index is 0.134. The minimum Gasteiger partial charge on any atom is -0.369 e. The van der Waals surface area contributed by atoms with Gasteiger partial charge in [-0.15, -0.1) is 0 Å². The van der Waals surface area contributed by atoms with Crippen LogP contribution in [0.5, 0.6) is 0 Å². The molecule has 0 aromatic heterocycles. The summed E-state index contributed by atoms with van der Waals surface area (Å²) in [5, 5.41) is 0. The van der Waals surface area contributed by atoms with Gasteiger partial charge in [0, 0.05) is 6.54 Å². The summed E-state index contributed by atoms with van der Waals surface area (Å²) in [4.78, 5) is 10.8. The summed E-state index contributed by atoms with van der Waals surface area (Å²) in [6.45, 7) is 0.377. The van der Waals surface area contributed by atoms with Crippen LogP contribution in [0.25, 0.3) is 0 Å². The highest BCUT2D eigenvalue weighted by atomic mass is 16.1. The standard InChI is InChI=1S/C8H14N2O/c9-5-7(8(10)11)6-3-1-2-4-6/h1-2,6-7H,3-5,9H2,(H2,10,11). The first-order valence-corrected chi connectivity index (χ1v) is 3.90. The molecule has 0 saturated carbocycles. The number of carbonyl (C=O) groups excluding carboxylic acids is 1. The van der Waals surface area contributed by atoms with Crippen molar-refractivity contribution in [2.45, 2.75) is 12.8 Å². The van der Waals surface area contributed by atoms with E-state index in [-0.39, 0.29) is 11.8 Å². The molecule has 1 atom stereocenters. The van der Waals surface area contributed by atoms with Crippen molar-refractivity contribution in [1.82, 2.24) is 0 Å². The maximum absolute atomic E-state index is 10.8. The first kappa shape index (κ1) is 8.27. The molecule has 0 aliphatic heterocycles. The fourth-order valence-electron chi connectivity index (χ4n) is 1.51. The lowest BCUT2D eigenvalue weighted by Crippen LogP contribution is -2.34. The Morgan fingerprint density at radius 3 is 2.45 bits per heavy atom. The second-order valence-electron chi connectivity index (χ2n) is 2.95. The van der Waals surface area contributed by atoms with E-state index in [4.69, 9.17) is 11.5 Å². The number of carbonyl (C=O) groups is 1. The van der Waals surface area contributed by atoms with Gasteiger partial charge in [-0.25, -0.2) is 0 Å². The van der Waals surface area contributed by atoms with Gasteiger partial charge < -0.3 is 11.5 Å². The van der Waals surface area contributed by atoms with Gasteiger partial charge in [0.2, 0.25) is 5.91 Å². The van der Waals surface area contributed by atoms with Crippen molar-refractivity contribution in [3.63, 3.8) is 0 Å². The van der Waals surface area contributed by atoms with Crippen LogP contribution in [0.2, 0.25) is 0 Å². The highest BCUT2D eigenvalue weighted by Crippen LogP contribution is 2.25. The molecule has 0 aromatic rings. The van der Waals surface area contributed by atoms with E-state index < -0.39 is 0 Å². The second-order valence-corrected chi connectivity index (χ2v) is 2.95. The molecule has 1 aliphatic carbocycles. The lowest BCUT2D eigenvalue weighted by Gasteiger charge is -2.17. The van der Waals surface area contributed by atoms with Gasteiger partial charge >= 0.3 is 0 Å². The van der Waals surface area contributed by atoms with Gasteiger partial charge in [-0.2, -0.15) is 0 Å². The molecule has 1 amide bonds. The Morgan fingerprint density at radius 1 is 1.55 bits per heavy atom. The number of hydrogen-bond acceptors (Lipinski definition) is 2. The van der Waals surface area contributed by atoms with E-state index >= 15 is 0 Å². The number of amides is 1. The van der Waals surface area contributed by atoms with Crippen LogP contribution in [0, 0.1) is 11.8 Å². The first-order chi connectivity index (χ1) is 5.25. The zero-order valence-corrected chi connectivity index (χ0v) is 6.49. The summed E-state index contributed by atoms with van der Waals surface area (Å²) in [6, 6.07) is 0. The Bertz CT molecular complexity index is 169. The molecule has 1 unspecified atom stereocenters. The van der Waals surface area contributed by atoms with E-state index in [1.54, 1.807) is 0 Å². The normalized spacial score (nSPS) is 20.5. The van der Waals surface area contributed by atoms with Gasteiger partial charge in [0.1, 0.15) is 0 Å². The van der Waals surface area contributed by atoms with Crippen LogP contribution < -0.4 is 11.5 Å². The van der Waals surface area contributed by atoms with Crippen molar-refractivity contribution in [2.24, 2.45) is 23.3 Å². The van der Waals surface area contributed by atoms with Gasteiger partial charge in [0.05, 0.1) is 5.92 Å². The molecule has 0 heterocycles. The molecule has 0 saturated heterocycles. The molecule has 11 heavy (non-hydrogen) atoms. The quantitative estimate of drug-likeness (QED) is 0.562. The van der Waals surface area contributed by atoms with Gasteiger partial charge in [0.15, 0.2) is 0 Å². The van der Waals surface area contributed by atoms with Crippen LogP contribution in [-0.4, -0.2) is 12.5 Å². The number of rotatable bonds is 3. The van der Waals surface area contributed by atoms with E-state index in [1.165, 1.54) is 0 Å². The van der Waals surface area contributed by atoms with Crippen molar-refractivity contribution < 1.29 is 4.79 Å². The number of primary amides is 1. The molecular weight excluding hydrogens is 140 g/mol. The molecule has 0 radical (unpaired) electrons. The third-order valence-corrected chi connectivity index (χ3v) is 2.23. The molecule has 3 heteroatoms. The maximum atomic E-state index is 10.8. The zero-order chi connectivity index (χ0) is 8.27. The summed E-state index contributed by atoms with van der Waals surface area (Å²) in [5.74, 6) is -0.0382. The summed E-state index contributed by atoms with van der Waals surface area (Å²) in [5.41, 5.74) is 10.6. The highest BCUT2D eigenvalue weighted by Gasteiger charge is 2.25. The van der Waals surface area contributed by atoms with Crippen LogP contribution in [0.15, 0.2) is 12.2 Å². The fraction of sp³-hybridized carbons (Fsp3) is 0.625. The fourth-order valence-corrected chi connectivity index (χ4v) is 1.51. The molecule has 3 nitrogen and oxygen atoms in total. The summed E-state index contributed by atoms with van der Waals surface area (Å²) >= 11 is 0. The summed E-state index contributed by atoms with van der Waals surface area (Å²) < 4.78 is 0. The third-order valence-electron chi connectivity index (χ3n) is 2.23. The molecule has 1 aliphatic rings. The Hall–Kier alpha value is -0.830. The molecule has 1 rings (SSSR count). The van der Waals surface area contributed by atoms with E-state index in [2.05, 4.69) is 12.2 Å². The smallest absolute Gasteiger partial charge is 0.222 e. The number of hydrogen-bond donors (Lipinski definition) is 2. The van der Waals surface area contributed by atoms with Gasteiger partial charge in [-0.3, -0.25) is 4.79 Å². The van der Waals surface area contributed by atoms with Crippen molar-refractivity contribution in [1.29, 1.82) is 0 Å². The molecule has 4 N–H and O–H groups in total. The predicted molar refractivity (Wildman–Crippen MR) is 43.6 cm³/mol. The van der Waals surface area contributed by atoms with E-state index in [9.17, 15) is 4.79 Å². The lowest BCUT2D eigenvalue weighted by molar-refractivity contribution is -0.122. The SMILES string of the molecule is NCC(C(N)=O)C1CC=CC1. The van der Waals surface area contributed by atoms with Crippen molar-refractivity contribution in [3.05, 3.63) is 12.2 Å². The number of allylic oxidation sites excluding steroid dienone is 2. The Kier molecular flexibility index (Phi) is 2.65. The van der Waals surface area contributed by atoms with Crippen molar-refractivity contribution in [3.8, 4) is 0 Å². The first-order valence-electron chi connectivity index (χ1n) is 3.90. The third kappa shape index (κ3) is 1.80. The monoisotopic (exact) mass is 154 g/mol. The second kappa shape index (κ2) is 3.53. The van der Waals surface area contributed by atoms with E-state index in [0.29, 0.717) is 12.5 Å². The Labute approximate surface area is 66.4 Å². The van der Waals surface area contributed by atoms with Gasteiger partial charge in [-0.1, -0.05) is 12.2 Å². The Morgan fingerprint density at radius 2 is 2.09 bits per heavy atom. The van der Waals surface area contributed by atoms with Crippen LogP contribution in [0.1, 0.15) is 12.8 Å². The van der Waals surface area contributed by atoms with E-state index in [1.807, 2.05) is 0 Å². The average Bonchev–Trinajstić information content (AvgIpc) is 2.40. The predicted octanol–water partition coefficient (Wildman–Crippen LogP) is 0.0128. The van der Waals surface area contributed by atoms with Crippen LogP contribution in [0.4, 0.5) is 0 Å². The van der Waals surface area contributed by atoms with Crippen LogP contribution in [0.3, 0.4) is 0 Å². The largest absolute Gasteiger partial charge is 0.369 e. The topological polar surface area (TPSA) is 69.1 Å². The summed E-state index contributed by atoms with van der Waals surface area (Å²) in [7, 11) is 0. The molecular formula is C8H14N2O. The molecule has 0 aromatic carbocycles.